The molecule has 0 saturated heterocycles. The van der Waals surface area contributed by atoms with Gasteiger partial charge >= 0.3 is 11.1 Å². The minimum atomic E-state index is -0.750. The van der Waals surface area contributed by atoms with Crippen LogP contribution in [0.3, 0.4) is 0 Å². The number of rotatable bonds is 3. The number of carbonyl (C=O) groups is 1. The Kier molecular flexibility index (Phi) is 3.68. The van der Waals surface area contributed by atoms with E-state index in [2.05, 4.69) is 25.5 Å². The monoisotopic (exact) mass is 340 g/mol. The second-order valence-corrected chi connectivity index (χ2v) is 5.99. The molecule has 0 unspecified atom stereocenters. The highest BCUT2D eigenvalue weighted by molar-refractivity contribution is 5.97. The van der Waals surface area contributed by atoms with Gasteiger partial charge in [0.05, 0.1) is 17.6 Å². The first kappa shape index (κ1) is 15.3. The number of aromatic nitrogens is 5. The summed E-state index contributed by atoms with van der Waals surface area (Å²) in [6.45, 7) is 1.16. The van der Waals surface area contributed by atoms with E-state index < -0.39 is 11.1 Å². The van der Waals surface area contributed by atoms with Crippen molar-refractivity contribution in [3.63, 3.8) is 0 Å². The molecule has 1 aliphatic heterocycles. The average molecular weight is 340 g/mol. The fourth-order valence-corrected chi connectivity index (χ4v) is 3.02. The molecule has 0 fully saturated rings. The lowest BCUT2D eigenvalue weighted by Gasteiger charge is -2.14. The van der Waals surface area contributed by atoms with Crippen LogP contribution in [0.4, 0.5) is 0 Å². The standard InChI is InChI=1S/C16H16N6O3/c23-14(17-8-13-21-20-12-3-1-2-6-22(12)13)9-4-5-10-11(7-9)19-16(25)15(24)18-10/h4-5,7H,1-3,6,8H2,(H,17,23)(H,18,24)(H,19,25). The van der Waals surface area contributed by atoms with E-state index in [4.69, 9.17) is 0 Å². The molecule has 0 bridgehead atoms. The molecule has 0 aliphatic carbocycles. The van der Waals surface area contributed by atoms with Crippen molar-refractivity contribution in [2.45, 2.75) is 32.4 Å². The number of amides is 1. The number of H-pyrrole nitrogens is 2. The molecule has 3 N–H and O–H groups in total. The summed E-state index contributed by atoms with van der Waals surface area (Å²) in [7, 11) is 0. The Bertz CT molecular complexity index is 1080. The lowest BCUT2D eigenvalue weighted by molar-refractivity contribution is 0.0949. The zero-order valence-corrected chi connectivity index (χ0v) is 13.3. The van der Waals surface area contributed by atoms with Crippen molar-refractivity contribution in [1.29, 1.82) is 0 Å². The van der Waals surface area contributed by atoms with Crippen molar-refractivity contribution in [1.82, 2.24) is 30.0 Å². The van der Waals surface area contributed by atoms with Crippen molar-refractivity contribution in [2.24, 2.45) is 0 Å². The van der Waals surface area contributed by atoms with Gasteiger partial charge in [0.15, 0.2) is 5.82 Å². The number of nitrogens with one attached hydrogen (secondary N) is 3. The molecule has 0 saturated carbocycles. The van der Waals surface area contributed by atoms with Gasteiger partial charge in [-0.05, 0) is 31.0 Å². The maximum atomic E-state index is 12.4. The Morgan fingerprint density at radius 2 is 1.92 bits per heavy atom. The highest BCUT2D eigenvalue weighted by Gasteiger charge is 2.16. The van der Waals surface area contributed by atoms with Crippen molar-refractivity contribution in [3.8, 4) is 0 Å². The molecule has 25 heavy (non-hydrogen) atoms. The molecule has 0 radical (unpaired) electrons. The maximum absolute atomic E-state index is 12.4. The summed E-state index contributed by atoms with van der Waals surface area (Å²) in [6, 6.07) is 4.70. The first-order valence-electron chi connectivity index (χ1n) is 8.07. The fraction of sp³-hybridized carbons (Fsp3) is 0.312. The van der Waals surface area contributed by atoms with Crippen LogP contribution in [-0.2, 0) is 19.5 Å². The van der Waals surface area contributed by atoms with Gasteiger partial charge in [-0.15, -0.1) is 10.2 Å². The minimum absolute atomic E-state index is 0.284. The van der Waals surface area contributed by atoms with Gasteiger partial charge in [-0.1, -0.05) is 0 Å². The molecule has 0 atom stereocenters. The third-order valence-electron chi connectivity index (χ3n) is 4.33. The normalized spacial score (nSPS) is 13.6. The molecule has 1 aliphatic rings. The number of benzene rings is 1. The van der Waals surface area contributed by atoms with E-state index in [1.165, 1.54) is 6.07 Å². The number of hydrogen-bond acceptors (Lipinski definition) is 5. The maximum Gasteiger partial charge on any atom is 0.314 e. The van der Waals surface area contributed by atoms with Gasteiger partial charge in [-0.2, -0.15) is 0 Å². The van der Waals surface area contributed by atoms with E-state index in [0.29, 0.717) is 16.6 Å². The Morgan fingerprint density at radius 3 is 2.76 bits per heavy atom. The molecule has 1 amide bonds. The Morgan fingerprint density at radius 1 is 1.12 bits per heavy atom. The van der Waals surface area contributed by atoms with Crippen LogP contribution in [0, 0.1) is 0 Å². The number of hydrogen-bond donors (Lipinski definition) is 3. The van der Waals surface area contributed by atoms with Crippen LogP contribution in [0.1, 0.15) is 34.8 Å². The van der Waals surface area contributed by atoms with Crippen molar-refractivity contribution in [2.75, 3.05) is 0 Å². The first-order valence-corrected chi connectivity index (χ1v) is 8.07. The number of carbonyl (C=O) groups excluding carboxylic acids is 1. The van der Waals surface area contributed by atoms with Crippen LogP contribution in [0.5, 0.6) is 0 Å². The van der Waals surface area contributed by atoms with E-state index in [0.717, 1.165) is 37.5 Å². The summed E-state index contributed by atoms with van der Waals surface area (Å²) < 4.78 is 2.05. The van der Waals surface area contributed by atoms with Crippen LogP contribution in [0.15, 0.2) is 27.8 Å². The SMILES string of the molecule is O=C(NCc1nnc2n1CCCC2)c1ccc2[nH]c(=O)c(=O)[nH]c2c1. The predicted molar refractivity (Wildman–Crippen MR) is 89.3 cm³/mol. The second-order valence-electron chi connectivity index (χ2n) is 5.99. The van der Waals surface area contributed by atoms with E-state index in [9.17, 15) is 14.4 Å². The molecule has 128 valence electrons. The molecule has 3 heterocycles. The molecule has 3 aromatic rings. The van der Waals surface area contributed by atoms with Crippen LogP contribution in [-0.4, -0.2) is 30.6 Å². The lowest BCUT2D eigenvalue weighted by Crippen LogP contribution is -2.29. The predicted octanol–water partition coefficient (Wildman–Crippen LogP) is 0.0742. The van der Waals surface area contributed by atoms with Crippen molar-refractivity contribution in [3.05, 3.63) is 56.1 Å². The Labute approximate surface area is 141 Å². The number of aryl methyl sites for hydroxylation is 1. The topological polar surface area (TPSA) is 126 Å². The molecule has 9 heteroatoms. The highest BCUT2D eigenvalue weighted by Crippen LogP contribution is 2.14. The van der Waals surface area contributed by atoms with Gasteiger partial charge < -0.3 is 19.9 Å². The van der Waals surface area contributed by atoms with Crippen LogP contribution < -0.4 is 16.4 Å². The minimum Gasteiger partial charge on any atom is -0.345 e. The molecule has 4 rings (SSSR count). The second kappa shape index (κ2) is 6.00. The number of fused-ring (bicyclic) bond motifs is 2. The van der Waals surface area contributed by atoms with Crippen LogP contribution in [0.25, 0.3) is 11.0 Å². The molecule has 2 aromatic heterocycles. The van der Waals surface area contributed by atoms with E-state index >= 15 is 0 Å². The largest absolute Gasteiger partial charge is 0.345 e. The molecule has 0 spiro atoms. The van der Waals surface area contributed by atoms with Gasteiger partial charge in [0.25, 0.3) is 5.91 Å². The third kappa shape index (κ3) is 2.84. The quantitative estimate of drug-likeness (QED) is 0.582. The van der Waals surface area contributed by atoms with E-state index in [-0.39, 0.29) is 12.5 Å². The molecule has 1 aromatic carbocycles. The number of nitrogens with zero attached hydrogens (tertiary/aromatic N) is 3. The smallest absolute Gasteiger partial charge is 0.314 e. The van der Waals surface area contributed by atoms with Gasteiger partial charge in [0.2, 0.25) is 0 Å². The van der Waals surface area contributed by atoms with Gasteiger partial charge in [-0.3, -0.25) is 14.4 Å². The summed E-state index contributed by atoms with van der Waals surface area (Å²) in [5, 5.41) is 11.1. The molecular weight excluding hydrogens is 324 g/mol. The van der Waals surface area contributed by atoms with Crippen molar-refractivity contribution >= 4 is 16.9 Å². The number of aromatic amines is 2. The van der Waals surface area contributed by atoms with Crippen molar-refractivity contribution < 1.29 is 4.79 Å². The van der Waals surface area contributed by atoms with Gasteiger partial charge in [-0.25, -0.2) is 0 Å². The highest BCUT2D eigenvalue weighted by atomic mass is 16.2. The summed E-state index contributed by atoms with van der Waals surface area (Å²) in [5.41, 5.74) is -0.222. The Balaban J connectivity index is 1.54. The summed E-state index contributed by atoms with van der Waals surface area (Å²) >= 11 is 0. The zero-order valence-electron chi connectivity index (χ0n) is 13.3. The summed E-state index contributed by atoms with van der Waals surface area (Å²) in [6.07, 6.45) is 3.11. The van der Waals surface area contributed by atoms with Gasteiger partial charge in [0, 0.05) is 18.5 Å². The summed E-state index contributed by atoms with van der Waals surface area (Å²) in [5.74, 6) is 1.41. The van der Waals surface area contributed by atoms with Crippen LogP contribution >= 0.6 is 0 Å². The summed E-state index contributed by atoms with van der Waals surface area (Å²) in [4.78, 5) is 40.0. The third-order valence-corrected chi connectivity index (χ3v) is 4.33. The lowest BCUT2D eigenvalue weighted by atomic mass is 10.1. The zero-order chi connectivity index (χ0) is 17.4. The van der Waals surface area contributed by atoms with E-state index in [1.807, 2.05) is 4.57 Å². The molecular formula is C16H16N6O3. The van der Waals surface area contributed by atoms with E-state index in [1.54, 1.807) is 12.1 Å². The first-order chi connectivity index (χ1) is 12.1. The van der Waals surface area contributed by atoms with Gasteiger partial charge in [0.1, 0.15) is 5.82 Å². The fourth-order valence-electron chi connectivity index (χ4n) is 3.02. The Hall–Kier alpha value is -3.23. The average Bonchev–Trinajstić information content (AvgIpc) is 3.03. The molecule has 9 nitrogen and oxygen atoms in total. The van der Waals surface area contributed by atoms with Crippen LogP contribution in [0.2, 0.25) is 0 Å².